The van der Waals surface area contributed by atoms with Crippen molar-refractivity contribution < 1.29 is 4.39 Å². The number of alkyl halides is 1. The lowest BCUT2D eigenvalue weighted by Gasteiger charge is -2.09. The molecule has 0 fully saturated rings. The normalized spacial score (nSPS) is 12.5. The van der Waals surface area contributed by atoms with Crippen LogP contribution in [0.5, 0.6) is 0 Å². The lowest BCUT2D eigenvalue weighted by Crippen LogP contribution is -2.07. The van der Waals surface area contributed by atoms with Gasteiger partial charge in [-0.25, -0.2) is 9.37 Å². The van der Waals surface area contributed by atoms with Gasteiger partial charge in [0.05, 0.1) is 5.02 Å². The van der Waals surface area contributed by atoms with Crippen LogP contribution in [-0.4, -0.2) is 17.4 Å². The molecule has 0 amide bonds. The van der Waals surface area contributed by atoms with Gasteiger partial charge in [-0.15, -0.1) is 11.6 Å². The third-order valence-electron chi connectivity index (χ3n) is 2.24. The quantitative estimate of drug-likeness (QED) is 0.622. The van der Waals surface area contributed by atoms with Gasteiger partial charge in [-0.3, -0.25) is 0 Å². The molecular weight excluding hydrogens is 250 g/mol. The van der Waals surface area contributed by atoms with E-state index in [0.29, 0.717) is 23.4 Å². The Kier molecular flexibility index (Phi) is 5.85. The van der Waals surface area contributed by atoms with Gasteiger partial charge in [0.1, 0.15) is 0 Å². The molecule has 1 aromatic rings. The van der Waals surface area contributed by atoms with Crippen LogP contribution >= 0.6 is 23.2 Å². The molecule has 0 aliphatic rings. The first-order valence-corrected chi connectivity index (χ1v) is 6.15. The zero-order chi connectivity index (χ0) is 12.0. The number of nitrogens with one attached hydrogen (secondary N) is 1. The number of nitrogens with zero attached hydrogens (tertiary/aromatic N) is 1. The van der Waals surface area contributed by atoms with Crippen LogP contribution in [0.1, 0.15) is 19.8 Å². The molecule has 0 saturated heterocycles. The molecule has 0 spiro atoms. The van der Waals surface area contributed by atoms with Crippen molar-refractivity contribution in [1.29, 1.82) is 0 Å². The van der Waals surface area contributed by atoms with E-state index in [4.69, 9.17) is 23.2 Å². The number of anilines is 1. The minimum absolute atomic E-state index is 0.253. The van der Waals surface area contributed by atoms with E-state index in [1.807, 2.05) is 0 Å². The van der Waals surface area contributed by atoms with Crippen LogP contribution < -0.4 is 5.32 Å². The van der Waals surface area contributed by atoms with Crippen molar-refractivity contribution in [3.63, 3.8) is 0 Å². The average molecular weight is 265 g/mol. The molecule has 1 rings (SSSR count). The SMILES string of the molecule is CC(CCl)CCCNc1ncc(Cl)cc1F. The number of aromatic nitrogens is 1. The Labute approximate surface area is 105 Å². The van der Waals surface area contributed by atoms with E-state index in [-0.39, 0.29) is 5.82 Å². The molecule has 1 atom stereocenters. The number of hydrogen-bond acceptors (Lipinski definition) is 2. The van der Waals surface area contributed by atoms with Crippen LogP contribution in [0, 0.1) is 11.7 Å². The molecule has 0 aromatic carbocycles. The van der Waals surface area contributed by atoms with E-state index in [2.05, 4.69) is 17.2 Å². The molecule has 0 saturated carbocycles. The summed E-state index contributed by atoms with van der Waals surface area (Å²) in [4.78, 5) is 3.87. The van der Waals surface area contributed by atoms with Crippen molar-refractivity contribution >= 4 is 29.0 Å². The van der Waals surface area contributed by atoms with Gasteiger partial charge in [0.15, 0.2) is 11.6 Å². The maximum Gasteiger partial charge on any atom is 0.166 e. The first-order chi connectivity index (χ1) is 7.63. The second-order valence-corrected chi connectivity index (χ2v) is 4.56. The van der Waals surface area contributed by atoms with Crippen LogP contribution in [-0.2, 0) is 0 Å². The minimum Gasteiger partial charge on any atom is -0.368 e. The van der Waals surface area contributed by atoms with Crippen molar-refractivity contribution in [2.45, 2.75) is 19.8 Å². The highest BCUT2D eigenvalue weighted by atomic mass is 35.5. The highest BCUT2D eigenvalue weighted by molar-refractivity contribution is 6.30. The van der Waals surface area contributed by atoms with Gasteiger partial charge in [-0.05, 0) is 24.8 Å². The van der Waals surface area contributed by atoms with E-state index in [1.165, 1.54) is 12.3 Å². The molecule has 90 valence electrons. The molecule has 2 nitrogen and oxygen atoms in total. The van der Waals surface area contributed by atoms with Gasteiger partial charge in [-0.2, -0.15) is 0 Å². The van der Waals surface area contributed by atoms with Crippen LogP contribution in [0.2, 0.25) is 5.02 Å². The highest BCUT2D eigenvalue weighted by Gasteiger charge is 2.04. The van der Waals surface area contributed by atoms with Crippen LogP contribution in [0.3, 0.4) is 0 Å². The van der Waals surface area contributed by atoms with Crippen molar-refractivity contribution in [3.8, 4) is 0 Å². The van der Waals surface area contributed by atoms with Gasteiger partial charge < -0.3 is 5.32 Å². The summed E-state index contributed by atoms with van der Waals surface area (Å²) < 4.78 is 13.3. The van der Waals surface area contributed by atoms with Gasteiger partial charge in [0.2, 0.25) is 0 Å². The molecule has 1 N–H and O–H groups in total. The summed E-state index contributed by atoms with van der Waals surface area (Å²) in [6, 6.07) is 1.25. The predicted molar refractivity (Wildman–Crippen MR) is 66.8 cm³/mol. The van der Waals surface area contributed by atoms with Crippen LogP contribution in [0.15, 0.2) is 12.3 Å². The van der Waals surface area contributed by atoms with E-state index in [9.17, 15) is 4.39 Å². The molecule has 0 bridgehead atoms. The minimum atomic E-state index is -0.419. The Morgan fingerprint density at radius 2 is 2.31 bits per heavy atom. The summed E-state index contributed by atoms with van der Waals surface area (Å²) in [5.41, 5.74) is 0. The summed E-state index contributed by atoms with van der Waals surface area (Å²) in [5, 5.41) is 3.24. The fourth-order valence-electron chi connectivity index (χ4n) is 1.28. The van der Waals surface area contributed by atoms with E-state index >= 15 is 0 Å². The smallest absolute Gasteiger partial charge is 0.166 e. The molecule has 16 heavy (non-hydrogen) atoms. The Morgan fingerprint density at radius 3 is 2.94 bits per heavy atom. The van der Waals surface area contributed by atoms with E-state index in [1.54, 1.807) is 0 Å². The first kappa shape index (κ1) is 13.5. The predicted octanol–water partition coefficient (Wildman–Crippen LogP) is 3.94. The first-order valence-electron chi connectivity index (χ1n) is 5.24. The summed E-state index contributed by atoms with van der Waals surface area (Å²) in [6.45, 7) is 2.78. The van der Waals surface area contributed by atoms with E-state index < -0.39 is 5.82 Å². The zero-order valence-corrected chi connectivity index (χ0v) is 10.7. The molecule has 0 aliphatic carbocycles. The third kappa shape index (κ3) is 4.54. The Balaban J connectivity index is 2.32. The summed E-state index contributed by atoms with van der Waals surface area (Å²) in [7, 11) is 0. The Morgan fingerprint density at radius 1 is 1.56 bits per heavy atom. The second kappa shape index (κ2) is 6.92. The standard InChI is InChI=1S/C11H15Cl2FN2/c1-8(6-12)3-2-4-15-11-10(14)5-9(13)7-16-11/h5,7-8H,2-4,6H2,1H3,(H,15,16). The molecule has 1 unspecified atom stereocenters. The van der Waals surface area contributed by atoms with Gasteiger partial charge in [-0.1, -0.05) is 18.5 Å². The number of hydrogen-bond donors (Lipinski definition) is 1. The van der Waals surface area contributed by atoms with E-state index in [0.717, 1.165) is 12.8 Å². The lowest BCUT2D eigenvalue weighted by molar-refractivity contribution is 0.570. The Hall–Kier alpha value is -0.540. The monoisotopic (exact) mass is 264 g/mol. The molecular formula is C11H15Cl2FN2. The molecule has 1 aromatic heterocycles. The maximum atomic E-state index is 13.3. The van der Waals surface area contributed by atoms with Crippen molar-refractivity contribution in [2.75, 3.05) is 17.7 Å². The average Bonchev–Trinajstić information content (AvgIpc) is 2.26. The van der Waals surface area contributed by atoms with Crippen molar-refractivity contribution in [2.24, 2.45) is 5.92 Å². The summed E-state index contributed by atoms with van der Waals surface area (Å²) in [5.74, 6) is 0.986. The number of rotatable bonds is 6. The topological polar surface area (TPSA) is 24.9 Å². The molecule has 0 radical (unpaired) electrons. The third-order valence-corrected chi connectivity index (χ3v) is 2.97. The van der Waals surface area contributed by atoms with Crippen molar-refractivity contribution in [3.05, 3.63) is 23.1 Å². The zero-order valence-electron chi connectivity index (χ0n) is 9.14. The molecule has 5 heteroatoms. The van der Waals surface area contributed by atoms with Crippen molar-refractivity contribution in [1.82, 2.24) is 4.98 Å². The van der Waals surface area contributed by atoms with Gasteiger partial charge >= 0.3 is 0 Å². The highest BCUT2D eigenvalue weighted by Crippen LogP contribution is 2.15. The van der Waals surface area contributed by atoms with Crippen LogP contribution in [0.25, 0.3) is 0 Å². The summed E-state index contributed by atoms with van der Waals surface area (Å²) in [6.07, 6.45) is 3.39. The molecule has 1 heterocycles. The number of pyridine rings is 1. The molecule has 0 aliphatic heterocycles. The largest absolute Gasteiger partial charge is 0.368 e. The number of halogens is 3. The van der Waals surface area contributed by atoms with Crippen LogP contribution in [0.4, 0.5) is 10.2 Å². The maximum absolute atomic E-state index is 13.3. The second-order valence-electron chi connectivity index (χ2n) is 3.81. The van der Waals surface area contributed by atoms with Gasteiger partial charge in [0.25, 0.3) is 0 Å². The van der Waals surface area contributed by atoms with Gasteiger partial charge in [0, 0.05) is 18.6 Å². The Bertz CT molecular complexity index is 334. The lowest BCUT2D eigenvalue weighted by atomic mass is 10.1. The fourth-order valence-corrected chi connectivity index (χ4v) is 1.58. The fraction of sp³-hybridized carbons (Fsp3) is 0.545. The summed E-state index contributed by atoms with van der Waals surface area (Å²) >= 11 is 11.3.